The van der Waals surface area contributed by atoms with Crippen LogP contribution in [0, 0.1) is 27.9 Å². The Balaban J connectivity index is 2.21. The SMILES string of the molecule is CC[C@H](C)[C@@H]([C@@H](CC(=O)N1CCC[C@H]1[C@H](OC)[C@@H](C)C(=O)N(C)CCc1ccc([N+](=O)[O-])cc1)OC)N(C)C(=O)[C@@H](NC(=O)[C@H](C)N(C)C)C(C)C. The van der Waals surface area contributed by atoms with E-state index in [4.69, 9.17) is 9.47 Å². The van der Waals surface area contributed by atoms with Gasteiger partial charge in [0, 0.05) is 53.5 Å². The van der Waals surface area contributed by atoms with Crippen molar-refractivity contribution in [3.05, 3.63) is 39.9 Å². The molecule has 0 bridgehead atoms. The van der Waals surface area contributed by atoms with Crippen molar-refractivity contribution in [3.63, 3.8) is 0 Å². The number of hydrogen-bond donors (Lipinski definition) is 1. The zero-order valence-corrected chi connectivity index (χ0v) is 33.5. The molecule has 14 heteroatoms. The number of nitrogens with zero attached hydrogens (tertiary/aromatic N) is 5. The molecular weight excluding hydrogens is 668 g/mol. The van der Waals surface area contributed by atoms with Crippen LogP contribution in [0.1, 0.15) is 72.8 Å². The smallest absolute Gasteiger partial charge is 0.269 e. The summed E-state index contributed by atoms with van der Waals surface area (Å²) in [5.74, 6) is -1.46. The first-order valence-corrected chi connectivity index (χ1v) is 18.5. The van der Waals surface area contributed by atoms with E-state index in [9.17, 15) is 29.3 Å². The second kappa shape index (κ2) is 20.6. The number of rotatable bonds is 20. The molecule has 0 aromatic heterocycles. The van der Waals surface area contributed by atoms with E-state index in [2.05, 4.69) is 5.32 Å². The number of nitro benzene ring substituents is 1. The highest BCUT2D eigenvalue weighted by atomic mass is 16.6. The van der Waals surface area contributed by atoms with Crippen LogP contribution >= 0.6 is 0 Å². The summed E-state index contributed by atoms with van der Waals surface area (Å²) in [5.41, 5.74) is 0.900. The van der Waals surface area contributed by atoms with Crippen molar-refractivity contribution < 1.29 is 33.6 Å². The van der Waals surface area contributed by atoms with Gasteiger partial charge in [-0.3, -0.25) is 34.2 Å². The van der Waals surface area contributed by atoms with E-state index in [1.807, 2.05) is 48.7 Å². The van der Waals surface area contributed by atoms with Gasteiger partial charge in [0.25, 0.3) is 5.69 Å². The number of likely N-dealkylation sites (N-methyl/N-ethyl adjacent to an activating group) is 3. The fraction of sp³-hybridized carbons (Fsp3) is 0.737. The van der Waals surface area contributed by atoms with Crippen LogP contribution in [-0.4, -0.2) is 140 Å². The predicted molar refractivity (Wildman–Crippen MR) is 200 cm³/mol. The molecule has 4 amide bonds. The lowest BCUT2D eigenvalue weighted by molar-refractivity contribution is -0.384. The fourth-order valence-corrected chi connectivity index (χ4v) is 7.08. The topological polar surface area (TPSA) is 155 Å². The monoisotopic (exact) mass is 732 g/mol. The Morgan fingerprint density at radius 1 is 0.981 bits per heavy atom. The van der Waals surface area contributed by atoms with Crippen molar-refractivity contribution in [1.82, 2.24) is 24.9 Å². The van der Waals surface area contributed by atoms with Gasteiger partial charge in [0.1, 0.15) is 6.04 Å². The van der Waals surface area contributed by atoms with Crippen LogP contribution in [0.3, 0.4) is 0 Å². The molecule has 1 N–H and O–H groups in total. The number of likely N-dealkylation sites (tertiary alicyclic amines) is 1. The Bertz CT molecular complexity index is 1340. The van der Waals surface area contributed by atoms with E-state index in [0.717, 1.165) is 18.4 Å². The second-order valence-electron chi connectivity index (χ2n) is 14.9. The number of methoxy groups -OCH3 is 2. The fourth-order valence-electron chi connectivity index (χ4n) is 7.08. The number of benzene rings is 1. The molecule has 1 fully saturated rings. The molecule has 2 rings (SSSR count). The van der Waals surface area contributed by atoms with E-state index >= 15 is 0 Å². The highest BCUT2D eigenvalue weighted by Gasteiger charge is 2.43. The van der Waals surface area contributed by atoms with Gasteiger partial charge in [0.2, 0.25) is 23.6 Å². The van der Waals surface area contributed by atoms with Crippen molar-refractivity contribution in [2.24, 2.45) is 17.8 Å². The Labute approximate surface area is 310 Å². The molecule has 14 nitrogen and oxygen atoms in total. The standard InChI is InChI=1S/C38H64N6O8/c1-13-25(4)34(42(10)38(48)33(24(2)3)39-36(46)27(6)40(7)8)31(51-11)23-32(45)43-21-14-15-30(43)35(52-12)26(5)37(47)41(9)22-20-28-16-18-29(19-17-28)44(49)50/h16-19,24-27,30-31,33-35H,13-15,20-23H2,1-12H3,(H,39,46)/t25-,26+,27-,30-,31+,33-,34-,35+/m0/s1. The predicted octanol–water partition coefficient (Wildman–Crippen LogP) is 3.61. The first-order valence-electron chi connectivity index (χ1n) is 18.5. The Hall–Kier alpha value is -3.62. The van der Waals surface area contributed by atoms with Crippen LogP contribution in [0.4, 0.5) is 5.69 Å². The van der Waals surface area contributed by atoms with Crippen LogP contribution in [0.5, 0.6) is 0 Å². The summed E-state index contributed by atoms with van der Waals surface area (Å²) < 4.78 is 11.9. The minimum Gasteiger partial charge on any atom is -0.379 e. The van der Waals surface area contributed by atoms with E-state index in [1.54, 1.807) is 67.0 Å². The molecule has 1 aliphatic rings. The van der Waals surface area contributed by atoms with Gasteiger partial charge in [-0.25, -0.2) is 0 Å². The van der Waals surface area contributed by atoms with Crippen molar-refractivity contribution in [1.29, 1.82) is 0 Å². The largest absolute Gasteiger partial charge is 0.379 e. The van der Waals surface area contributed by atoms with Gasteiger partial charge in [-0.2, -0.15) is 0 Å². The van der Waals surface area contributed by atoms with Crippen molar-refractivity contribution in [2.45, 2.75) is 110 Å². The molecule has 0 radical (unpaired) electrons. The number of carbonyl (C=O) groups excluding carboxylic acids is 4. The minimum absolute atomic E-state index is 0.0173. The van der Waals surface area contributed by atoms with E-state index in [0.29, 0.717) is 25.9 Å². The molecule has 1 aromatic carbocycles. The summed E-state index contributed by atoms with van der Waals surface area (Å²) in [4.78, 5) is 72.2. The van der Waals surface area contributed by atoms with E-state index in [1.165, 1.54) is 12.1 Å². The summed E-state index contributed by atoms with van der Waals surface area (Å²) >= 11 is 0. The number of carbonyl (C=O) groups is 4. The number of amides is 4. The molecule has 0 unspecified atom stereocenters. The highest BCUT2D eigenvalue weighted by molar-refractivity contribution is 5.90. The first kappa shape index (κ1) is 44.5. The van der Waals surface area contributed by atoms with E-state index < -0.39 is 41.2 Å². The molecule has 1 saturated heterocycles. The van der Waals surface area contributed by atoms with Crippen molar-refractivity contribution in [2.75, 3.05) is 55.5 Å². The maximum atomic E-state index is 14.1. The molecule has 0 aliphatic carbocycles. The zero-order valence-electron chi connectivity index (χ0n) is 33.5. The lowest BCUT2D eigenvalue weighted by Gasteiger charge is -2.41. The third kappa shape index (κ3) is 11.4. The summed E-state index contributed by atoms with van der Waals surface area (Å²) in [7, 11) is 10.2. The maximum Gasteiger partial charge on any atom is 0.269 e. The molecular formula is C38H64N6O8. The third-order valence-corrected chi connectivity index (χ3v) is 10.9. The quantitative estimate of drug-likeness (QED) is 0.156. The first-order chi connectivity index (χ1) is 24.4. The maximum absolute atomic E-state index is 14.1. The molecule has 1 aromatic rings. The summed E-state index contributed by atoms with van der Waals surface area (Å²) in [6.07, 6.45) is 1.58. The molecule has 8 atom stereocenters. The average molecular weight is 733 g/mol. The molecule has 0 saturated carbocycles. The van der Waals surface area contributed by atoms with Gasteiger partial charge >= 0.3 is 0 Å². The molecule has 0 spiro atoms. The molecule has 1 heterocycles. The molecule has 1 aliphatic heterocycles. The Morgan fingerprint density at radius 3 is 2.10 bits per heavy atom. The Kier molecular flexibility index (Phi) is 17.6. The van der Waals surface area contributed by atoms with Crippen LogP contribution in [0.25, 0.3) is 0 Å². The van der Waals surface area contributed by atoms with E-state index in [-0.39, 0.29) is 53.6 Å². The number of nitro groups is 1. The number of nitrogens with one attached hydrogen (secondary N) is 1. The number of ether oxygens (including phenoxy) is 2. The third-order valence-electron chi connectivity index (χ3n) is 10.9. The van der Waals surface area contributed by atoms with Gasteiger partial charge in [0.15, 0.2) is 0 Å². The van der Waals surface area contributed by atoms with Crippen LogP contribution < -0.4 is 5.32 Å². The van der Waals surface area contributed by atoms with Gasteiger partial charge in [-0.05, 0) is 57.7 Å². The van der Waals surface area contributed by atoms with Gasteiger partial charge < -0.3 is 29.5 Å². The second-order valence-corrected chi connectivity index (χ2v) is 14.9. The summed E-state index contributed by atoms with van der Waals surface area (Å²) in [5, 5.41) is 13.9. The zero-order chi connectivity index (χ0) is 39.4. The van der Waals surface area contributed by atoms with Crippen LogP contribution in [0.15, 0.2) is 24.3 Å². The normalized spacial score (nSPS) is 18.7. The Morgan fingerprint density at radius 2 is 1.60 bits per heavy atom. The summed E-state index contributed by atoms with van der Waals surface area (Å²) in [6, 6.07) is 4.36. The van der Waals surface area contributed by atoms with Crippen molar-refractivity contribution >= 4 is 29.3 Å². The van der Waals surface area contributed by atoms with Gasteiger partial charge in [-0.1, -0.05) is 53.2 Å². The lowest BCUT2D eigenvalue weighted by Crippen LogP contribution is -2.59. The van der Waals surface area contributed by atoms with Gasteiger partial charge in [-0.15, -0.1) is 0 Å². The average Bonchev–Trinajstić information content (AvgIpc) is 3.61. The van der Waals surface area contributed by atoms with Crippen molar-refractivity contribution in [3.8, 4) is 0 Å². The van der Waals surface area contributed by atoms with Crippen LogP contribution in [-0.2, 0) is 35.1 Å². The number of non-ortho nitro benzene ring substituents is 1. The van der Waals surface area contributed by atoms with Crippen LogP contribution in [0.2, 0.25) is 0 Å². The minimum atomic E-state index is -0.753. The highest BCUT2D eigenvalue weighted by Crippen LogP contribution is 2.30. The summed E-state index contributed by atoms with van der Waals surface area (Å²) in [6.45, 7) is 12.4. The molecule has 52 heavy (non-hydrogen) atoms. The molecule has 294 valence electrons. The number of hydrogen-bond acceptors (Lipinski definition) is 9. The lowest BCUT2D eigenvalue weighted by atomic mass is 9.89. The van der Waals surface area contributed by atoms with Gasteiger partial charge in [0.05, 0.1) is 47.6 Å².